The molecule has 1 fully saturated rings. The molecule has 2 aliphatic rings. The molecule has 0 aromatic heterocycles. The van der Waals surface area contributed by atoms with Gasteiger partial charge in [-0.3, -0.25) is 14.4 Å². The number of ether oxygens (including phenoxy) is 2. The van der Waals surface area contributed by atoms with Gasteiger partial charge in [-0.25, -0.2) is 4.79 Å². The highest BCUT2D eigenvalue weighted by atomic mass is 35.6. The zero-order chi connectivity index (χ0) is 25.0. The van der Waals surface area contributed by atoms with E-state index in [0.717, 1.165) is 17.5 Å². The maximum atomic E-state index is 13.0. The Kier molecular flexibility index (Phi) is 8.78. The Hall–Kier alpha value is -1.94. The van der Waals surface area contributed by atoms with Crippen LogP contribution in [0, 0.1) is 0 Å². The second-order valence-corrected chi connectivity index (χ2v) is 11.2. The van der Waals surface area contributed by atoms with Crippen LogP contribution in [0.5, 0.6) is 0 Å². The lowest BCUT2D eigenvalue weighted by Crippen LogP contribution is -2.74. The van der Waals surface area contributed by atoms with E-state index in [9.17, 15) is 19.2 Å². The number of hydrogen-bond donors (Lipinski definition) is 1. The molecule has 12 heteroatoms. The topological polar surface area (TPSA) is 102 Å². The molecule has 1 saturated heterocycles. The minimum Gasteiger partial charge on any atom is -0.461 e. The van der Waals surface area contributed by atoms with Crippen LogP contribution in [0.1, 0.15) is 25.0 Å². The van der Waals surface area contributed by atoms with Gasteiger partial charge in [-0.05, 0) is 23.0 Å². The largest absolute Gasteiger partial charge is 0.461 e. The van der Waals surface area contributed by atoms with Crippen molar-refractivity contribution >= 4 is 70.3 Å². The van der Waals surface area contributed by atoms with E-state index in [0.29, 0.717) is 5.57 Å². The second-order valence-electron chi connectivity index (χ2n) is 7.71. The first-order valence-electron chi connectivity index (χ1n) is 10.4. The van der Waals surface area contributed by atoms with E-state index in [1.54, 1.807) is 5.41 Å². The van der Waals surface area contributed by atoms with E-state index in [4.69, 9.17) is 44.3 Å². The zero-order valence-electron chi connectivity index (χ0n) is 18.4. The molecule has 1 aromatic rings. The van der Waals surface area contributed by atoms with Crippen molar-refractivity contribution in [1.29, 1.82) is 0 Å². The van der Waals surface area contributed by atoms with Crippen LogP contribution in [-0.2, 0) is 41.5 Å². The highest BCUT2D eigenvalue weighted by molar-refractivity contribution is 8.02. The molecule has 0 saturated carbocycles. The molecule has 1 N–H and O–H groups in total. The average molecular weight is 550 g/mol. The van der Waals surface area contributed by atoms with Gasteiger partial charge in [-0.1, -0.05) is 66.0 Å². The van der Waals surface area contributed by atoms with Crippen molar-refractivity contribution in [2.75, 3.05) is 13.2 Å². The van der Waals surface area contributed by atoms with E-state index >= 15 is 0 Å². The van der Waals surface area contributed by atoms with Crippen molar-refractivity contribution in [2.45, 2.75) is 47.9 Å². The normalized spacial score (nSPS) is 21.7. The van der Waals surface area contributed by atoms with Gasteiger partial charge in [0, 0.05) is 12.5 Å². The van der Waals surface area contributed by atoms with Gasteiger partial charge in [0.2, 0.25) is 15.6 Å². The number of esters is 2. The quantitative estimate of drug-likeness (QED) is 0.302. The van der Waals surface area contributed by atoms with Crippen molar-refractivity contribution in [3.8, 4) is 0 Å². The van der Waals surface area contributed by atoms with Crippen LogP contribution >= 0.6 is 46.6 Å². The number of nitrogens with one attached hydrogen (secondary N) is 1. The van der Waals surface area contributed by atoms with Crippen LogP contribution in [-0.4, -0.2) is 63.1 Å². The first-order chi connectivity index (χ1) is 16.0. The summed E-state index contributed by atoms with van der Waals surface area (Å²) in [7, 11) is 0. The first-order valence-corrected chi connectivity index (χ1v) is 12.5. The van der Waals surface area contributed by atoms with E-state index < -0.39 is 45.7 Å². The van der Waals surface area contributed by atoms with Gasteiger partial charge in [0.25, 0.3) is 0 Å². The maximum Gasteiger partial charge on any atom is 0.333 e. The Labute approximate surface area is 216 Å². The van der Waals surface area contributed by atoms with Crippen molar-refractivity contribution in [1.82, 2.24) is 10.2 Å². The summed E-state index contributed by atoms with van der Waals surface area (Å²) in [6, 6.07) is 5.62. The van der Waals surface area contributed by atoms with Crippen LogP contribution < -0.4 is 5.32 Å². The number of fused-ring (bicyclic) bond motifs is 1. The average Bonchev–Trinajstić information content (AvgIpc) is 2.78. The molecule has 3 rings (SSSR count). The van der Waals surface area contributed by atoms with Gasteiger partial charge in [-0.15, -0.1) is 11.8 Å². The molecule has 0 aliphatic carbocycles. The lowest BCUT2D eigenvalue weighted by atomic mass is 9.97. The minimum absolute atomic E-state index is 0.132. The van der Waals surface area contributed by atoms with Crippen LogP contribution in [0.15, 0.2) is 35.2 Å². The van der Waals surface area contributed by atoms with Crippen LogP contribution in [0.2, 0.25) is 0 Å². The van der Waals surface area contributed by atoms with E-state index in [1.807, 2.05) is 31.2 Å². The van der Waals surface area contributed by atoms with E-state index in [2.05, 4.69) is 5.32 Å². The molecule has 3 atom stereocenters. The van der Waals surface area contributed by atoms with Gasteiger partial charge in [0.15, 0.2) is 6.04 Å². The van der Waals surface area contributed by atoms with Crippen molar-refractivity contribution in [3.63, 3.8) is 0 Å². The fraction of sp³-hybridized carbons (Fsp3) is 0.455. The number of carbonyl (C=O) groups excluding carboxylic acids is 4. The van der Waals surface area contributed by atoms with Gasteiger partial charge in [-0.2, -0.15) is 0 Å². The number of aryl methyl sites for hydroxylation is 1. The number of rotatable bonds is 8. The fourth-order valence-corrected chi connectivity index (χ4v) is 5.08. The van der Waals surface area contributed by atoms with Gasteiger partial charge in [0.1, 0.15) is 24.6 Å². The Morgan fingerprint density at radius 3 is 2.44 bits per heavy atom. The summed E-state index contributed by atoms with van der Waals surface area (Å²) in [6.45, 7) is 2.50. The monoisotopic (exact) mass is 548 g/mol. The van der Waals surface area contributed by atoms with E-state index in [1.165, 1.54) is 23.6 Å². The summed E-state index contributed by atoms with van der Waals surface area (Å²) in [5.41, 5.74) is 2.29. The number of halogens is 3. The highest BCUT2D eigenvalue weighted by Gasteiger charge is 2.56. The van der Waals surface area contributed by atoms with Crippen molar-refractivity contribution in [2.24, 2.45) is 0 Å². The Balaban J connectivity index is 1.72. The summed E-state index contributed by atoms with van der Waals surface area (Å²) in [5, 5.41) is 3.86. The third kappa shape index (κ3) is 6.38. The minimum atomic E-state index is -1.83. The van der Waals surface area contributed by atoms with E-state index in [-0.39, 0.29) is 18.9 Å². The standard InChI is InChI=1S/C22H23Cl3N2O6S/c1-3-13-6-4-5-7-14(13)8-16(29)26-17-19(30)27-18(21(31)33-11-22(23,24)25)15(9-32-12(2)28)10-34-20(17)27/h4-7,10,17-18,20H,3,8-9,11H2,1-2H3,(H,26,29)/t17?,18?,20-/m0/s1. The summed E-state index contributed by atoms with van der Waals surface area (Å²) in [4.78, 5) is 51.0. The zero-order valence-corrected chi connectivity index (χ0v) is 21.5. The third-order valence-electron chi connectivity index (χ3n) is 5.28. The molecular weight excluding hydrogens is 527 g/mol. The molecule has 2 unspecified atom stereocenters. The van der Waals surface area contributed by atoms with Gasteiger partial charge >= 0.3 is 11.9 Å². The molecular formula is C22H23Cl3N2O6S. The molecule has 0 bridgehead atoms. The molecule has 34 heavy (non-hydrogen) atoms. The first kappa shape index (κ1) is 26.7. The predicted molar refractivity (Wildman–Crippen MR) is 129 cm³/mol. The van der Waals surface area contributed by atoms with Crippen LogP contribution in [0.25, 0.3) is 0 Å². The maximum absolute atomic E-state index is 13.0. The molecule has 1 aromatic carbocycles. The third-order valence-corrected chi connectivity index (χ3v) is 6.82. The molecule has 2 aliphatic heterocycles. The number of alkyl halides is 3. The van der Waals surface area contributed by atoms with Crippen LogP contribution in [0.3, 0.4) is 0 Å². The smallest absolute Gasteiger partial charge is 0.333 e. The number of hydrogen-bond acceptors (Lipinski definition) is 7. The lowest BCUT2D eigenvalue weighted by molar-refractivity contribution is -0.163. The molecule has 184 valence electrons. The molecule has 8 nitrogen and oxygen atoms in total. The Bertz CT molecular complexity index is 1010. The summed E-state index contributed by atoms with van der Waals surface area (Å²) >= 11 is 18.2. The highest BCUT2D eigenvalue weighted by Crippen LogP contribution is 2.40. The lowest BCUT2D eigenvalue weighted by Gasteiger charge is -2.51. The predicted octanol–water partition coefficient (Wildman–Crippen LogP) is 2.92. The molecule has 0 radical (unpaired) electrons. The number of thioether (sulfide) groups is 1. The fourth-order valence-electron chi connectivity index (χ4n) is 3.71. The van der Waals surface area contributed by atoms with Crippen LogP contribution in [0.4, 0.5) is 0 Å². The summed E-state index contributed by atoms with van der Waals surface area (Å²) in [5.74, 6) is -2.14. The summed E-state index contributed by atoms with van der Waals surface area (Å²) < 4.78 is 8.28. The van der Waals surface area contributed by atoms with Gasteiger partial charge < -0.3 is 19.7 Å². The number of carbonyl (C=O) groups is 4. The van der Waals surface area contributed by atoms with Crippen molar-refractivity contribution < 1.29 is 28.7 Å². The molecule has 0 spiro atoms. The Morgan fingerprint density at radius 1 is 1.15 bits per heavy atom. The van der Waals surface area contributed by atoms with Gasteiger partial charge in [0.05, 0.1) is 6.42 Å². The number of β-lactam (4-membered cyclic amide) rings is 1. The van der Waals surface area contributed by atoms with Crippen molar-refractivity contribution in [3.05, 3.63) is 46.4 Å². The molecule has 2 heterocycles. The number of nitrogens with zero attached hydrogens (tertiary/aromatic N) is 1. The SMILES string of the molecule is CCc1ccccc1CC(=O)NC1C(=O)N2C(C(=O)OCC(Cl)(Cl)Cl)C(COC(C)=O)=CS[C@@H]12. The summed E-state index contributed by atoms with van der Waals surface area (Å²) in [6.07, 6.45) is 0.916. The Morgan fingerprint density at radius 2 is 1.82 bits per heavy atom. The molecule has 2 amide bonds. The second kappa shape index (κ2) is 11.2. The number of amides is 2. The number of benzene rings is 1.